The maximum Gasteiger partial charge on any atom is 0.244 e. The van der Waals surface area contributed by atoms with Crippen molar-refractivity contribution < 1.29 is 8.42 Å². The highest BCUT2D eigenvalue weighted by Gasteiger charge is 2.31. The minimum Gasteiger partial charge on any atom is -0.349 e. The molecule has 0 amide bonds. The van der Waals surface area contributed by atoms with E-state index >= 15 is 0 Å². The molecule has 1 aromatic rings. The quantitative estimate of drug-likeness (QED) is 0.775. The first-order chi connectivity index (χ1) is 9.90. The molecule has 0 aliphatic heterocycles. The Morgan fingerprint density at radius 3 is 2.67 bits per heavy atom. The van der Waals surface area contributed by atoms with Crippen molar-refractivity contribution in [2.75, 3.05) is 7.05 Å². The highest BCUT2D eigenvalue weighted by atomic mass is 35.5. The minimum absolute atomic E-state index is 0.114. The van der Waals surface area contributed by atoms with Crippen LogP contribution in [0, 0.1) is 5.92 Å². The van der Waals surface area contributed by atoms with Crippen LogP contribution in [0.2, 0.25) is 0 Å². The molecule has 0 spiro atoms. The second kappa shape index (κ2) is 6.71. The molecular formula is C15H25ClN2O2S. The van der Waals surface area contributed by atoms with Gasteiger partial charge in [0.05, 0.1) is 5.88 Å². The van der Waals surface area contributed by atoms with E-state index < -0.39 is 10.0 Å². The molecule has 6 heteroatoms. The first-order valence-corrected chi connectivity index (χ1v) is 9.60. The third-order valence-electron chi connectivity index (χ3n) is 4.54. The summed E-state index contributed by atoms with van der Waals surface area (Å²) in [6, 6.07) is 1.82. The zero-order valence-electron chi connectivity index (χ0n) is 13.0. The molecular weight excluding hydrogens is 308 g/mol. The predicted molar refractivity (Wildman–Crippen MR) is 86.0 cm³/mol. The van der Waals surface area contributed by atoms with E-state index in [9.17, 15) is 8.42 Å². The van der Waals surface area contributed by atoms with Gasteiger partial charge in [-0.25, -0.2) is 8.42 Å². The SMILES string of the molecule is CCn1cc(S(=O)(=O)N(C)C2CCCC(C)C2)cc1CCl. The topological polar surface area (TPSA) is 42.3 Å². The van der Waals surface area contributed by atoms with Crippen LogP contribution in [0.15, 0.2) is 17.2 Å². The Bertz CT molecular complexity index is 561. The van der Waals surface area contributed by atoms with E-state index in [1.807, 2.05) is 11.5 Å². The number of aromatic nitrogens is 1. The summed E-state index contributed by atoms with van der Waals surface area (Å²) in [5, 5.41) is 0. The number of hydrogen-bond donors (Lipinski definition) is 0. The van der Waals surface area contributed by atoms with E-state index in [2.05, 4.69) is 6.92 Å². The van der Waals surface area contributed by atoms with Gasteiger partial charge in [0, 0.05) is 31.5 Å². The normalized spacial score (nSPS) is 23.7. The van der Waals surface area contributed by atoms with Gasteiger partial charge in [-0.05, 0) is 31.7 Å². The Labute approximate surface area is 133 Å². The van der Waals surface area contributed by atoms with Gasteiger partial charge in [0.15, 0.2) is 0 Å². The molecule has 4 nitrogen and oxygen atoms in total. The highest BCUT2D eigenvalue weighted by Crippen LogP contribution is 2.30. The van der Waals surface area contributed by atoms with Gasteiger partial charge < -0.3 is 4.57 Å². The molecule has 1 fully saturated rings. The van der Waals surface area contributed by atoms with E-state index in [-0.39, 0.29) is 6.04 Å². The van der Waals surface area contributed by atoms with Gasteiger partial charge in [-0.15, -0.1) is 11.6 Å². The van der Waals surface area contributed by atoms with Crippen molar-refractivity contribution in [3.8, 4) is 0 Å². The van der Waals surface area contributed by atoms with Gasteiger partial charge in [-0.3, -0.25) is 0 Å². The maximum atomic E-state index is 12.8. The first kappa shape index (κ1) is 16.8. The van der Waals surface area contributed by atoms with E-state index in [0.717, 1.165) is 31.5 Å². The fraction of sp³-hybridized carbons (Fsp3) is 0.733. The molecule has 1 aliphatic rings. The standard InChI is InChI=1S/C15H25ClN2O2S/c1-4-18-11-15(9-14(18)10-16)21(19,20)17(3)13-7-5-6-12(2)8-13/h9,11-13H,4-8,10H2,1-3H3. The lowest BCUT2D eigenvalue weighted by atomic mass is 9.87. The molecule has 1 saturated carbocycles. The summed E-state index contributed by atoms with van der Waals surface area (Å²) in [4.78, 5) is 0.362. The molecule has 2 unspecified atom stereocenters. The molecule has 1 aliphatic carbocycles. The zero-order chi connectivity index (χ0) is 15.6. The molecule has 0 saturated heterocycles. The van der Waals surface area contributed by atoms with Crippen molar-refractivity contribution in [1.29, 1.82) is 0 Å². The van der Waals surface area contributed by atoms with Crippen LogP contribution in [0.25, 0.3) is 0 Å². The molecule has 0 aromatic carbocycles. The second-order valence-corrected chi connectivity index (χ2v) is 8.30. The van der Waals surface area contributed by atoms with Gasteiger partial charge in [0.2, 0.25) is 10.0 Å². The third kappa shape index (κ3) is 3.46. The number of hydrogen-bond acceptors (Lipinski definition) is 2. The van der Waals surface area contributed by atoms with Crippen molar-refractivity contribution in [3.05, 3.63) is 18.0 Å². The average molecular weight is 333 g/mol. The van der Waals surface area contributed by atoms with Gasteiger partial charge in [0.25, 0.3) is 0 Å². The van der Waals surface area contributed by atoms with Crippen molar-refractivity contribution in [2.45, 2.75) is 62.9 Å². The number of alkyl halides is 1. The van der Waals surface area contributed by atoms with E-state index in [4.69, 9.17) is 11.6 Å². The number of rotatable bonds is 5. The largest absolute Gasteiger partial charge is 0.349 e. The Kier molecular flexibility index (Phi) is 5.38. The Morgan fingerprint density at radius 2 is 2.14 bits per heavy atom. The second-order valence-electron chi connectivity index (χ2n) is 6.03. The smallest absolute Gasteiger partial charge is 0.244 e. The lowest BCUT2D eigenvalue weighted by Crippen LogP contribution is -2.39. The van der Waals surface area contributed by atoms with Gasteiger partial charge in [0.1, 0.15) is 4.90 Å². The van der Waals surface area contributed by atoms with Crippen LogP contribution < -0.4 is 0 Å². The van der Waals surface area contributed by atoms with Crippen LogP contribution in [0.3, 0.4) is 0 Å². The Balaban J connectivity index is 2.26. The van der Waals surface area contributed by atoms with Crippen LogP contribution in [-0.2, 0) is 22.4 Å². The van der Waals surface area contributed by atoms with Crippen molar-refractivity contribution in [3.63, 3.8) is 0 Å². The van der Waals surface area contributed by atoms with Crippen molar-refractivity contribution in [2.24, 2.45) is 5.92 Å². The molecule has 2 atom stereocenters. The maximum absolute atomic E-state index is 12.8. The van der Waals surface area contributed by atoms with Crippen LogP contribution in [-0.4, -0.2) is 30.4 Å². The van der Waals surface area contributed by atoms with E-state index in [1.165, 1.54) is 6.42 Å². The monoisotopic (exact) mass is 332 g/mol. The van der Waals surface area contributed by atoms with Crippen LogP contribution in [0.1, 0.15) is 45.2 Å². The number of aryl methyl sites for hydroxylation is 1. The fourth-order valence-corrected chi connectivity index (χ4v) is 4.86. The molecule has 21 heavy (non-hydrogen) atoms. The van der Waals surface area contributed by atoms with E-state index in [0.29, 0.717) is 16.7 Å². The Morgan fingerprint density at radius 1 is 1.43 bits per heavy atom. The highest BCUT2D eigenvalue weighted by molar-refractivity contribution is 7.89. The Hall–Kier alpha value is -0.520. The van der Waals surface area contributed by atoms with E-state index in [1.54, 1.807) is 23.6 Å². The van der Waals surface area contributed by atoms with Gasteiger partial charge >= 0.3 is 0 Å². The summed E-state index contributed by atoms with van der Waals surface area (Å²) in [5.74, 6) is 0.924. The van der Waals surface area contributed by atoms with Crippen LogP contribution in [0.5, 0.6) is 0 Å². The summed E-state index contributed by atoms with van der Waals surface area (Å²) < 4.78 is 29.1. The molecule has 0 N–H and O–H groups in total. The van der Waals surface area contributed by atoms with Crippen LogP contribution >= 0.6 is 11.6 Å². The summed E-state index contributed by atoms with van der Waals surface area (Å²) in [6.45, 7) is 4.91. The van der Waals surface area contributed by atoms with Crippen molar-refractivity contribution in [1.82, 2.24) is 8.87 Å². The van der Waals surface area contributed by atoms with Crippen LogP contribution in [0.4, 0.5) is 0 Å². The molecule has 0 radical (unpaired) electrons. The third-order valence-corrected chi connectivity index (χ3v) is 6.69. The number of halogens is 1. The summed E-state index contributed by atoms with van der Waals surface area (Å²) in [7, 11) is -1.72. The van der Waals surface area contributed by atoms with Crippen molar-refractivity contribution >= 4 is 21.6 Å². The van der Waals surface area contributed by atoms with Gasteiger partial charge in [-0.1, -0.05) is 19.8 Å². The fourth-order valence-electron chi connectivity index (χ4n) is 3.17. The predicted octanol–water partition coefficient (Wildman–Crippen LogP) is 3.45. The summed E-state index contributed by atoms with van der Waals surface area (Å²) in [5.41, 5.74) is 0.850. The lowest BCUT2D eigenvalue weighted by molar-refractivity contribution is 0.239. The molecule has 0 bridgehead atoms. The average Bonchev–Trinajstić information content (AvgIpc) is 2.90. The number of sulfonamides is 1. The molecule has 2 rings (SSSR count). The van der Waals surface area contributed by atoms with Gasteiger partial charge in [-0.2, -0.15) is 4.31 Å². The molecule has 120 valence electrons. The number of nitrogens with zero attached hydrogens (tertiary/aromatic N) is 2. The first-order valence-electron chi connectivity index (χ1n) is 7.63. The lowest BCUT2D eigenvalue weighted by Gasteiger charge is -2.33. The molecule has 1 heterocycles. The zero-order valence-corrected chi connectivity index (χ0v) is 14.6. The summed E-state index contributed by atoms with van der Waals surface area (Å²) in [6.07, 6.45) is 5.92. The minimum atomic E-state index is -3.43. The molecule has 1 aromatic heterocycles. The summed E-state index contributed by atoms with van der Waals surface area (Å²) >= 11 is 5.89.